The number of fused-ring (bicyclic) bond motifs is 1. The first-order chi connectivity index (χ1) is 17.8. The topological polar surface area (TPSA) is 78.8 Å². The number of rotatable bonds is 7. The number of nitrogens with zero attached hydrogens (tertiary/aromatic N) is 5. The van der Waals surface area contributed by atoms with E-state index >= 15 is 0 Å². The van der Waals surface area contributed by atoms with E-state index in [1.807, 2.05) is 60.1 Å². The number of aryl methyl sites for hydroxylation is 2. The molecule has 4 heterocycles. The van der Waals surface area contributed by atoms with Crippen LogP contribution in [0.2, 0.25) is 0 Å². The van der Waals surface area contributed by atoms with Crippen LogP contribution in [0.25, 0.3) is 0 Å². The summed E-state index contributed by atoms with van der Waals surface area (Å²) < 4.78 is 1.83. The van der Waals surface area contributed by atoms with Crippen molar-refractivity contribution < 1.29 is 14.4 Å². The number of aromatic nitrogens is 2. The summed E-state index contributed by atoms with van der Waals surface area (Å²) in [4.78, 5) is 46.6. The Kier molecular flexibility index (Phi) is 6.90. The number of anilines is 1. The van der Waals surface area contributed by atoms with Gasteiger partial charge in [-0.15, -0.1) is 11.3 Å². The van der Waals surface area contributed by atoms with Crippen molar-refractivity contribution in [3.63, 3.8) is 0 Å². The van der Waals surface area contributed by atoms with E-state index in [4.69, 9.17) is 0 Å². The molecule has 1 fully saturated rings. The lowest BCUT2D eigenvalue weighted by atomic mass is 9.94. The smallest absolute Gasteiger partial charge is 0.263 e. The highest BCUT2D eigenvalue weighted by Gasteiger charge is 2.39. The third-order valence-corrected chi connectivity index (χ3v) is 8.65. The number of benzene rings is 1. The first-order valence-electron chi connectivity index (χ1n) is 12.8. The minimum absolute atomic E-state index is 0.0128. The van der Waals surface area contributed by atoms with Gasteiger partial charge in [-0.1, -0.05) is 12.1 Å². The van der Waals surface area contributed by atoms with Gasteiger partial charge < -0.3 is 9.80 Å². The Bertz CT molecular complexity index is 1330. The fourth-order valence-corrected chi connectivity index (χ4v) is 6.30. The normalized spacial score (nSPS) is 18.3. The molecule has 2 aliphatic heterocycles. The predicted molar refractivity (Wildman–Crippen MR) is 144 cm³/mol. The molecule has 0 saturated carbocycles. The van der Waals surface area contributed by atoms with E-state index in [0.717, 1.165) is 41.3 Å². The first-order valence-corrected chi connectivity index (χ1v) is 13.7. The monoisotopic (exact) mass is 519 g/mol. The van der Waals surface area contributed by atoms with E-state index in [2.05, 4.69) is 23.0 Å². The molecular formula is C28H33N5O3S. The van der Waals surface area contributed by atoms with Crippen LogP contribution in [0.5, 0.6) is 0 Å². The largest absolute Gasteiger partial charge is 0.370 e. The average Bonchev–Trinajstić information content (AvgIpc) is 3.61. The zero-order chi connectivity index (χ0) is 26.3. The molecule has 2 aromatic heterocycles. The van der Waals surface area contributed by atoms with Crippen molar-refractivity contribution >= 4 is 34.7 Å². The van der Waals surface area contributed by atoms with Gasteiger partial charge in [-0.3, -0.25) is 24.0 Å². The number of thiophene rings is 1. The molecule has 0 radical (unpaired) electrons. The Morgan fingerprint density at radius 1 is 1.16 bits per heavy atom. The molecule has 1 saturated heterocycles. The van der Waals surface area contributed by atoms with Crippen LogP contribution in [0.3, 0.4) is 0 Å². The predicted octanol–water partition coefficient (Wildman–Crippen LogP) is 4.29. The minimum atomic E-state index is -0.269. The fraction of sp³-hybridized carbons (Fsp3) is 0.429. The van der Waals surface area contributed by atoms with Crippen LogP contribution < -0.4 is 4.90 Å². The number of hydrogen-bond acceptors (Lipinski definition) is 6. The van der Waals surface area contributed by atoms with Crippen LogP contribution >= 0.6 is 11.3 Å². The van der Waals surface area contributed by atoms with Crippen LogP contribution in [0.4, 0.5) is 5.69 Å². The SMILES string of the molecule is Cc1cc(C)n(CCN2C(=O)c3cccc(N4CCC[C@@H](C(=O)N(C)[C@H](C)c5cccs5)C4)c3C2=O)n1. The second-order valence-electron chi connectivity index (χ2n) is 10.0. The summed E-state index contributed by atoms with van der Waals surface area (Å²) in [6.07, 6.45) is 1.67. The average molecular weight is 520 g/mol. The standard InChI is InChI=1S/C28H33N5O3S/c1-18-16-19(2)33(29-18)14-13-32-27(35)22-9-5-10-23(25(22)28(32)36)31-12-6-8-21(17-31)26(34)30(4)20(3)24-11-7-15-37-24/h5,7,9-11,15-16,20-21H,6,8,12-14,17H2,1-4H3/t20-,21-/m1/s1. The maximum absolute atomic E-state index is 13.5. The summed E-state index contributed by atoms with van der Waals surface area (Å²) in [7, 11) is 1.87. The second-order valence-corrected chi connectivity index (χ2v) is 11.0. The summed E-state index contributed by atoms with van der Waals surface area (Å²) in [5, 5.41) is 6.48. The summed E-state index contributed by atoms with van der Waals surface area (Å²) in [5.74, 6) is -0.579. The molecule has 0 aliphatic carbocycles. The molecule has 5 rings (SSSR count). The molecule has 2 atom stereocenters. The highest BCUT2D eigenvalue weighted by atomic mass is 32.1. The summed E-state index contributed by atoms with van der Waals surface area (Å²) in [6.45, 7) is 7.94. The van der Waals surface area contributed by atoms with E-state index in [-0.39, 0.29) is 36.2 Å². The molecule has 3 amide bonds. The van der Waals surface area contributed by atoms with E-state index in [0.29, 0.717) is 24.2 Å². The van der Waals surface area contributed by atoms with E-state index < -0.39 is 0 Å². The summed E-state index contributed by atoms with van der Waals surface area (Å²) in [5.41, 5.74) is 3.54. The quantitative estimate of drug-likeness (QED) is 0.435. The second kappa shape index (κ2) is 10.1. The zero-order valence-corrected chi connectivity index (χ0v) is 22.6. The van der Waals surface area contributed by atoms with Crippen molar-refractivity contribution in [2.24, 2.45) is 5.92 Å². The van der Waals surface area contributed by atoms with E-state index in [1.165, 1.54) is 4.90 Å². The maximum Gasteiger partial charge on any atom is 0.263 e. The molecule has 9 heteroatoms. The molecule has 194 valence electrons. The van der Waals surface area contributed by atoms with E-state index in [1.54, 1.807) is 17.4 Å². The molecule has 0 spiro atoms. The highest BCUT2D eigenvalue weighted by molar-refractivity contribution is 7.10. The van der Waals surface area contributed by atoms with Gasteiger partial charge in [-0.05, 0) is 63.3 Å². The van der Waals surface area contributed by atoms with Crippen molar-refractivity contribution in [3.05, 3.63) is 69.2 Å². The van der Waals surface area contributed by atoms with Gasteiger partial charge in [0.15, 0.2) is 0 Å². The molecular weight excluding hydrogens is 486 g/mol. The Morgan fingerprint density at radius 2 is 1.97 bits per heavy atom. The lowest BCUT2D eigenvalue weighted by Gasteiger charge is -2.37. The molecule has 0 N–H and O–H groups in total. The number of piperidine rings is 1. The van der Waals surface area contributed by atoms with Gasteiger partial charge in [0.25, 0.3) is 11.8 Å². The van der Waals surface area contributed by atoms with Gasteiger partial charge in [-0.2, -0.15) is 5.10 Å². The van der Waals surface area contributed by atoms with Gasteiger partial charge >= 0.3 is 0 Å². The molecule has 2 aliphatic rings. The van der Waals surface area contributed by atoms with E-state index in [9.17, 15) is 14.4 Å². The molecule has 0 unspecified atom stereocenters. The van der Waals surface area contributed by atoms with Crippen molar-refractivity contribution in [1.82, 2.24) is 19.6 Å². The molecule has 0 bridgehead atoms. The Morgan fingerprint density at radius 3 is 2.68 bits per heavy atom. The van der Waals surface area contributed by atoms with Crippen molar-refractivity contribution in [1.29, 1.82) is 0 Å². The highest BCUT2D eigenvalue weighted by Crippen LogP contribution is 2.35. The van der Waals surface area contributed by atoms with Crippen molar-refractivity contribution in [2.75, 3.05) is 31.6 Å². The molecule has 1 aromatic carbocycles. The molecule has 3 aromatic rings. The van der Waals surface area contributed by atoms with Crippen LogP contribution in [0.15, 0.2) is 41.8 Å². The number of carbonyl (C=O) groups is 3. The third-order valence-electron chi connectivity index (χ3n) is 7.61. The third kappa shape index (κ3) is 4.68. The van der Waals surface area contributed by atoms with Gasteiger partial charge in [0.2, 0.25) is 5.91 Å². The number of hydrogen-bond donors (Lipinski definition) is 0. The fourth-order valence-electron chi connectivity index (χ4n) is 5.47. The summed E-state index contributed by atoms with van der Waals surface area (Å²) >= 11 is 1.66. The van der Waals surface area contributed by atoms with Crippen molar-refractivity contribution in [2.45, 2.75) is 46.2 Å². The Balaban J connectivity index is 1.32. The summed E-state index contributed by atoms with van der Waals surface area (Å²) in [6, 6.07) is 11.5. The first kappa shape index (κ1) is 25.2. The van der Waals surface area contributed by atoms with Crippen molar-refractivity contribution in [3.8, 4) is 0 Å². The van der Waals surface area contributed by atoms with Gasteiger partial charge in [0.1, 0.15) is 0 Å². The van der Waals surface area contributed by atoms with Crippen LogP contribution in [0.1, 0.15) is 62.8 Å². The lowest BCUT2D eigenvalue weighted by Crippen LogP contribution is -2.44. The van der Waals surface area contributed by atoms with Gasteiger partial charge in [0, 0.05) is 37.3 Å². The Hall–Kier alpha value is -3.46. The van der Waals surface area contributed by atoms with Crippen LogP contribution in [-0.2, 0) is 11.3 Å². The van der Waals surface area contributed by atoms with Gasteiger partial charge in [-0.25, -0.2) is 0 Å². The number of imide groups is 1. The lowest BCUT2D eigenvalue weighted by molar-refractivity contribution is -0.136. The minimum Gasteiger partial charge on any atom is -0.370 e. The number of carbonyl (C=O) groups excluding carboxylic acids is 3. The molecule has 8 nitrogen and oxygen atoms in total. The van der Waals surface area contributed by atoms with Crippen LogP contribution in [-0.4, -0.2) is 64.0 Å². The van der Waals surface area contributed by atoms with Gasteiger partial charge in [0.05, 0.1) is 41.0 Å². The Labute approximate surface area is 221 Å². The zero-order valence-electron chi connectivity index (χ0n) is 21.8. The van der Waals surface area contributed by atoms with Crippen LogP contribution in [0, 0.1) is 19.8 Å². The number of amides is 3. The maximum atomic E-state index is 13.5. The molecule has 37 heavy (non-hydrogen) atoms.